The molecule has 3 heteroatoms. The van der Waals surface area contributed by atoms with Crippen LogP contribution in [0.5, 0.6) is 0 Å². The first-order valence-corrected chi connectivity index (χ1v) is 5.29. The molecule has 0 saturated heterocycles. The van der Waals surface area contributed by atoms with E-state index in [9.17, 15) is 0 Å². The Kier molecular flexibility index (Phi) is 3.02. The molecule has 1 aliphatic heterocycles. The average Bonchev–Trinajstić information content (AvgIpc) is 2.30. The monoisotopic (exact) mass is 204 g/mol. The molecule has 1 atom stereocenters. The van der Waals surface area contributed by atoms with Crippen LogP contribution in [0, 0.1) is 6.92 Å². The molecule has 2 N–H and O–H groups in total. The van der Waals surface area contributed by atoms with Crippen LogP contribution in [0.4, 0.5) is 0 Å². The number of hydrogen-bond acceptors (Lipinski definition) is 3. The van der Waals surface area contributed by atoms with Gasteiger partial charge in [0.25, 0.3) is 0 Å². The van der Waals surface area contributed by atoms with Gasteiger partial charge in [0.15, 0.2) is 0 Å². The third-order valence-corrected chi connectivity index (χ3v) is 2.61. The first-order valence-electron chi connectivity index (χ1n) is 5.29. The van der Waals surface area contributed by atoms with Gasteiger partial charge in [0.2, 0.25) is 0 Å². The molecule has 0 amide bonds. The number of allylic oxidation sites excluding steroid dienone is 1. The molecule has 1 aliphatic rings. The summed E-state index contributed by atoms with van der Waals surface area (Å²) in [6, 6.07) is 3.72. The van der Waals surface area contributed by atoms with Gasteiger partial charge in [-0.1, -0.05) is 6.07 Å². The lowest BCUT2D eigenvalue weighted by molar-refractivity contribution is 0.175. The number of nitrogens with two attached hydrogens (primary N) is 1. The van der Waals surface area contributed by atoms with E-state index in [4.69, 9.17) is 10.5 Å². The van der Waals surface area contributed by atoms with Gasteiger partial charge in [-0.25, -0.2) is 0 Å². The van der Waals surface area contributed by atoms with Crippen molar-refractivity contribution in [3.8, 4) is 0 Å². The van der Waals surface area contributed by atoms with E-state index in [1.54, 1.807) is 6.20 Å². The molecule has 0 radical (unpaired) electrons. The van der Waals surface area contributed by atoms with Gasteiger partial charge in [-0.2, -0.15) is 0 Å². The van der Waals surface area contributed by atoms with Gasteiger partial charge in [-0.3, -0.25) is 4.98 Å². The highest BCUT2D eigenvalue weighted by atomic mass is 16.5. The molecule has 0 bridgehead atoms. The van der Waals surface area contributed by atoms with Crippen molar-refractivity contribution in [2.75, 3.05) is 6.61 Å². The summed E-state index contributed by atoms with van der Waals surface area (Å²) in [7, 11) is 0. The van der Waals surface area contributed by atoms with Crippen LogP contribution in [-0.4, -0.2) is 11.6 Å². The smallest absolute Gasteiger partial charge is 0.115 e. The third kappa shape index (κ3) is 2.18. The van der Waals surface area contributed by atoms with Crippen molar-refractivity contribution in [3.05, 3.63) is 41.4 Å². The molecule has 80 valence electrons. The molecule has 0 spiro atoms. The summed E-state index contributed by atoms with van der Waals surface area (Å²) in [6.45, 7) is 2.79. The summed E-state index contributed by atoms with van der Waals surface area (Å²) >= 11 is 0. The molecule has 2 rings (SSSR count). The Labute approximate surface area is 90.0 Å². The van der Waals surface area contributed by atoms with Gasteiger partial charge in [0.1, 0.15) is 11.8 Å². The second-order valence-electron chi connectivity index (χ2n) is 3.78. The van der Waals surface area contributed by atoms with E-state index in [-0.39, 0.29) is 6.04 Å². The van der Waals surface area contributed by atoms with Gasteiger partial charge in [0.05, 0.1) is 12.3 Å². The number of aromatic nitrogens is 1. The van der Waals surface area contributed by atoms with Gasteiger partial charge in [-0.15, -0.1) is 0 Å². The van der Waals surface area contributed by atoms with Crippen LogP contribution in [0.1, 0.15) is 30.1 Å². The molecular formula is C12H16N2O. The lowest BCUT2D eigenvalue weighted by atomic mass is 10.1. The zero-order valence-corrected chi connectivity index (χ0v) is 8.94. The van der Waals surface area contributed by atoms with Gasteiger partial charge >= 0.3 is 0 Å². The molecule has 1 unspecified atom stereocenters. The van der Waals surface area contributed by atoms with Crippen LogP contribution >= 0.6 is 0 Å². The number of rotatable bonds is 2. The Morgan fingerprint density at radius 2 is 2.40 bits per heavy atom. The largest absolute Gasteiger partial charge is 0.496 e. The fourth-order valence-corrected chi connectivity index (χ4v) is 1.75. The van der Waals surface area contributed by atoms with E-state index >= 15 is 0 Å². The van der Waals surface area contributed by atoms with Crippen molar-refractivity contribution in [1.29, 1.82) is 0 Å². The molecule has 1 aromatic rings. The highest BCUT2D eigenvalue weighted by molar-refractivity contribution is 5.26. The van der Waals surface area contributed by atoms with Crippen molar-refractivity contribution < 1.29 is 4.74 Å². The SMILES string of the molecule is Cc1cccnc1C(N)C1=CCCCO1. The minimum Gasteiger partial charge on any atom is -0.496 e. The first-order chi connectivity index (χ1) is 7.29. The van der Waals surface area contributed by atoms with Crippen LogP contribution in [0.25, 0.3) is 0 Å². The Morgan fingerprint density at radius 3 is 3.07 bits per heavy atom. The van der Waals surface area contributed by atoms with Crippen LogP contribution in [-0.2, 0) is 4.74 Å². The topological polar surface area (TPSA) is 48.1 Å². The first kappa shape index (κ1) is 10.2. The van der Waals surface area contributed by atoms with Crippen molar-refractivity contribution in [1.82, 2.24) is 4.98 Å². The Bertz CT molecular complexity index is 374. The summed E-state index contributed by atoms with van der Waals surface area (Å²) < 4.78 is 5.55. The summed E-state index contributed by atoms with van der Waals surface area (Å²) in [5, 5.41) is 0. The highest BCUT2D eigenvalue weighted by Gasteiger charge is 2.18. The average molecular weight is 204 g/mol. The lowest BCUT2D eigenvalue weighted by Gasteiger charge is -2.21. The van der Waals surface area contributed by atoms with Crippen molar-refractivity contribution in [2.45, 2.75) is 25.8 Å². The van der Waals surface area contributed by atoms with E-state index < -0.39 is 0 Å². The Hall–Kier alpha value is -1.35. The van der Waals surface area contributed by atoms with E-state index in [2.05, 4.69) is 11.1 Å². The summed E-state index contributed by atoms with van der Waals surface area (Å²) in [6.07, 6.45) is 5.97. The molecular weight excluding hydrogens is 188 g/mol. The molecule has 15 heavy (non-hydrogen) atoms. The standard InChI is InChI=1S/C12H16N2O/c1-9-5-4-7-14-12(9)11(13)10-6-2-3-8-15-10/h4-7,11H,2-3,8,13H2,1H3. The second-order valence-corrected chi connectivity index (χ2v) is 3.78. The Morgan fingerprint density at radius 1 is 1.53 bits per heavy atom. The third-order valence-electron chi connectivity index (χ3n) is 2.61. The second kappa shape index (κ2) is 4.45. The molecule has 2 heterocycles. The molecule has 0 saturated carbocycles. The van der Waals surface area contributed by atoms with Crippen molar-refractivity contribution in [2.24, 2.45) is 5.73 Å². The van der Waals surface area contributed by atoms with Crippen molar-refractivity contribution in [3.63, 3.8) is 0 Å². The van der Waals surface area contributed by atoms with E-state index in [0.29, 0.717) is 0 Å². The van der Waals surface area contributed by atoms with Gasteiger partial charge in [0, 0.05) is 6.20 Å². The maximum Gasteiger partial charge on any atom is 0.115 e. The summed E-state index contributed by atoms with van der Waals surface area (Å²) in [5.74, 6) is 0.864. The number of hydrogen-bond donors (Lipinski definition) is 1. The zero-order chi connectivity index (χ0) is 10.7. The summed E-state index contributed by atoms with van der Waals surface area (Å²) in [5.41, 5.74) is 8.13. The predicted molar refractivity (Wildman–Crippen MR) is 59.2 cm³/mol. The van der Waals surface area contributed by atoms with Gasteiger partial charge < -0.3 is 10.5 Å². The lowest BCUT2D eigenvalue weighted by Crippen LogP contribution is -2.19. The molecule has 0 aromatic carbocycles. The number of ether oxygens (including phenoxy) is 1. The number of pyridine rings is 1. The maximum atomic E-state index is 6.11. The highest BCUT2D eigenvalue weighted by Crippen LogP contribution is 2.24. The predicted octanol–water partition coefficient (Wildman–Crippen LogP) is 2.08. The fraction of sp³-hybridized carbons (Fsp3) is 0.417. The van der Waals surface area contributed by atoms with Gasteiger partial charge in [-0.05, 0) is 37.5 Å². The minimum atomic E-state index is -0.216. The fourth-order valence-electron chi connectivity index (χ4n) is 1.75. The minimum absolute atomic E-state index is 0.216. The Balaban J connectivity index is 2.23. The van der Waals surface area contributed by atoms with Crippen LogP contribution in [0.2, 0.25) is 0 Å². The van der Waals surface area contributed by atoms with E-state index in [1.807, 2.05) is 19.1 Å². The molecule has 1 aromatic heterocycles. The van der Waals surface area contributed by atoms with Crippen molar-refractivity contribution >= 4 is 0 Å². The zero-order valence-electron chi connectivity index (χ0n) is 8.94. The number of aryl methyl sites for hydroxylation is 1. The summed E-state index contributed by atoms with van der Waals surface area (Å²) in [4.78, 5) is 4.31. The molecule has 3 nitrogen and oxygen atoms in total. The molecule has 0 aliphatic carbocycles. The van der Waals surface area contributed by atoms with E-state index in [1.165, 1.54) is 0 Å². The molecule has 0 fully saturated rings. The van der Waals surface area contributed by atoms with Crippen LogP contribution < -0.4 is 5.73 Å². The van der Waals surface area contributed by atoms with Crippen LogP contribution in [0.3, 0.4) is 0 Å². The quantitative estimate of drug-likeness (QED) is 0.802. The maximum absolute atomic E-state index is 6.11. The normalized spacial score (nSPS) is 17.9. The van der Waals surface area contributed by atoms with Crippen LogP contribution in [0.15, 0.2) is 30.2 Å². The number of nitrogens with zero attached hydrogens (tertiary/aromatic N) is 1. The van der Waals surface area contributed by atoms with E-state index in [0.717, 1.165) is 36.5 Å².